The Bertz CT molecular complexity index is 709. The van der Waals surface area contributed by atoms with E-state index >= 15 is 0 Å². The Hall–Kier alpha value is -2.08. The van der Waals surface area contributed by atoms with Crippen molar-refractivity contribution in [3.63, 3.8) is 0 Å². The fourth-order valence-electron chi connectivity index (χ4n) is 2.61. The van der Waals surface area contributed by atoms with Crippen LogP contribution in [0, 0.1) is 0 Å². The molecule has 0 atom stereocenters. The number of hydrogen-bond donors (Lipinski definition) is 1. The van der Waals surface area contributed by atoms with E-state index in [4.69, 9.17) is 0 Å². The van der Waals surface area contributed by atoms with E-state index in [0.717, 1.165) is 18.8 Å². The smallest absolute Gasteiger partial charge is 0.263 e. The van der Waals surface area contributed by atoms with Crippen LogP contribution < -0.4 is 9.62 Å². The van der Waals surface area contributed by atoms with Crippen molar-refractivity contribution in [2.75, 3.05) is 22.7 Å². The van der Waals surface area contributed by atoms with Crippen LogP contribution in [-0.2, 0) is 10.0 Å². The van der Waals surface area contributed by atoms with Crippen molar-refractivity contribution >= 4 is 21.4 Å². The van der Waals surface area contributed by atoms with E-state index in [-0.39, 0.29) is 4.90 Å². The zero-order valence-corrected chi connectivity index (χ0v) is 13.1. The van der Waals surface area contributed by atoms with Crippen molar-refractivity contribution in [3.8, 4) is 0 Å². The van der Waals surface area contributed by atoms with Gasteiger partial charge in [0, 0.05) is 36.9 Å². The van der Waals surface area contributed by atoms with Gasteiger partial charge in [0.2, 0.25) is 0 Å². The van der Waals surface area contributed by atoms with Gasteiger partial charge in [-0.15, -0.1) is 0 Å². The Morgan fingerprint density at radius 2 is 1.73 bits per heavy atom. The number of rotatable bonds is 4. The molecule has 3 rings (SSSR count). The van der Waals surface area contributed by atoms with Gasteiger partial charge in [-0.3, -0.25) is 9.71 Å². The number of nitrogens with zero attached hydrogens (tertiary/aromatic N) is 2. The molecule has 116 valence electrons. The summed E-state index contributed by atoms with van der Waals surface area (Å²) in [6, 6.07) is 10.7. The molecular formula is C16H19N3O2S. The summed E-state index contributed by atoms with van der Waals surface area (Å²) in [7, 11) is -3.58. The van der Waals surface area contributed by atoms with Crippen molar-refractivity contribution in [1.29, 1.82) is 0 Å². The van der Waals surface area contributed by atoms with Gasteiger partial charge in [0.05, 0.1) is 0 Å². The van der Waals surface area contributed by atoms with Crippen LogP contribution in [0.15, 0.2) is 53.7 Å². The molecule has 6 heteroatoms. The third-order valence-corrected chi connectivity index (χ3v) is 5.15. The molecule has 22 heavy (non-hydrogen) atoms. The number of nitrogens with one attached hydrogen (secondary N) is 1. The first kappa shape index (κ1) is 14.8. The molecule has 0 amide bonds. The van der Waals surface area contributed by atoms with Crippen molar-refractivity contribution in [2.45, 2.75) is 24.2 Å². The molecule has 0 spiro atoms. The van der Waals surface area contributed by atoms with Crippen molar-refractivity contribution in [3.05, 3.63) is 48.8 Å². The molecule has 1 N–H and O–H groups in total. The second-order valence-electron chi connectivity index (χ2n) is 5.39. The van der Waals surface area contributed by atoms with Gasteiger partial charge in [-0.05, 0) is 55.7 Å². The lowest BCUT2D eigenvalue weighted by molar-refractivity contribution is 0.578. The third-order valence-electron chi connectivity index (χ3n) is 3.79. The number of sulfonamides is 1. The van der Waals surface area contributed by atoms with Crippen LogP contribution in [0.5, 0.6) is 0 Å². The second kappa shape index (κ2) is 6.36. The number of hydrogen-bond acceptors (Lipinski definition) is 4. The molecule has 1 aromatic carbocycles. The summed E-state index contributed by atoms with van der Waals surface area (Å²) in [5.41, 5.74) is 1.70. The van der Waals surface area contributed by atoms with Gasteiger partial charge in [-0.25, -0.2) is 8.42 Å². The Balaban J connectivity index is 1.73. The maximum absolute atomic E-state index is 12.2. The summed E-state index contributed by atoms with van der Waals surface area (Å²) in [5, 5.41) is 0. The van der Waals surface area contributed by atoms with Gasteiger partial charge in [0.1, 0.15) is 4.90 Å². The van der Waals surface area contributed by atoms with Crippen LogP contribution in [-0.4, -0.2) is 26.5 Å². The van der Waals surface area contributed by atoms with E-state index in [0.29, 0.717) is 5.69 Å². The Labute approximate surface area is 131 Å². The maximum atomic E-state index is 12.2. The van der Waals surface area contributed by atoms with Crippen LogP contribution in [0.1, 0.15) is 19.3 Å². The van der Waals surface area contributed by atoms with Gasteiger partial charge in [-0.2, -0.15) is 0 Å². The fraction of sp³-hybridized carbons (Fsp3) is 0.312. The molecule has 0 radical (unpaired) electrons. The normalized spacial score (nSPS) is 15.5. The molecule has 0 saturated carbocycles. The van der Waals surface area contributed by atoms with Gasteiger partial charge in [-0.1, -0.05) is 0 Å². The van der Waals surface area contributed by atoms with Crippen molar-refractivity contribution < 1.29 is 8.42 Å². The monoisotopic (exact) mass is 317 g/mol. The molecular weight excluding hydrogens is 298 g/mol. The van der Waals surface area contributed by atoms with E-state index in [1.165, 1.54) is 31.5 Å². The molecule has 1 aromatic heterocycles. The minimum atomic E-state index is -3.58. The molecule has 0 unspecified atom stereocenters. The number of piperidine rings is 1. The standard InChI is InChI=1S/C16H19N3O2S/c20-22(21,16-5-4-10-17-13-16)18-14-6-8-15(9-7-14)19-11-2-1-3-12-19/h4-10,13,18H,1-3,11-12H2. The molecule has 0 bridgehead atoms. The highest BCUT2D eigenvalue weighted by molar-refractivity contribution is 7.92. The second-order valence-corrected chi connectivity index (χ2v) is 7.07. The summed E-state index contributed by atoms with van der Waals surface area (Å²) in [6.07, 6.45) is 6.61. The number of pyridine rings is 1. The zero-order valence-electron chi connectivity index (χ0n) is 12.3. The molecule has 2 aromatic rings. The first-order valence-corrected chi connectivity index (χ1v) is 8.91. The van der Waals surface area contributed by atoms with Gasteiger partial charge in [0.15, 0.2) is 0 Å². The minimum absolute atomic E-state index is 0.162. The summed E-state index contributed by atoms with van der Waals surface area (Å²) in [6.45, 7) is 2.14. The van der Waals surface area contributed by atoms with Gasteiger partial charge >= 0.3 is 0 Å². The predicted molar refractivity (Wildman–Crippen MR) is 87.6 cm³/mol. The molecule has 0 aliphatic carbocycles. The SMILES string of the molecule is O=S(=O)(Nc1ccc(N2CCCCC2)cc1)c1cccnc1. The molecule has 1 fully saturated rings. The molecule has 2 heterocycles. The maximum Gasteiger partial charge on any atom is 0.263 e. The van der Waals surface area contributed by atoms with E-state index in [2.05, 4.69) is 14.6 Å². The highest BCUT2D eigenvalue weighted by Gasteiger charge is 2.15. The largest absolute Gasteiger partial charge is 0.372 e. The molecule has 5 nitrogen and oxygen atoms in total. The average Bonchev–Trinajstić information content (AvgIpc) is 2.57. The highest BCUT2D eigenvalue weighted by atomic mass is 32.2. The Morgan fingerprint density at radius 3 is 2.36 bits per heavy atom. The highest BCUT2D eigenvalue weighted by Crippen LogP contribution is 2.23. The summed E-state index contributed by atoms with van der Waals surface area (Å²) in [5.74, 6) is 0. The van der Waals surface area contributed by atoms with Gasteiger partial charge in [0.25, 0.3) is 10.0 Å². The quantitative estimate of drug-likeness (QED) is 0.942. The van der Waals surface area contributed by atoms with E-state index in [9.17, 15) is 8.42 Å². The lowest BCUT2D eigenvalue weighted by atomic mass is 10.1. The zero-order chi connectivity index (χ0) is 15.4. The van der Waals surface area contributed by atoms with Gasteiger partial charge < -0.3 is 4.90 Å². The Kier molecular flexibility index (Phi) is 4.29. The predicted octanol–water partition coefficient (Wildman–Crippen LogP) is 2.87. The molecule has 1 aliphatic rings. The minimum Gasteiger partial charge on any atom is -0.372 e. The average molecular weight is 317 g/mol. The lowest BCUT2D eigenvalue weighted by Gasteiger charge is -2.28. The van der Waals surface area contributed by atoms with Crippen LogP contribution in [0.4, 0.5) is 11.4 Å². The number of benzene rings is 1. The summed E-state index contributed by atoms with van der Waals surface area (Å²) >= 11 is 0. The van der Waals surface area contributed by atoms with Crippen LogP contribution in [0.2, 0.25) is 0 Å². The van der Waals surface area contributed by atoms with E-state index in [1.54, 1.807) is 24.4 Å². The third kappa shape index (κ3) is 3.39. The summed E-state index contributed by atoms with van der Waals surface area (Å²) in [4.78, 5) is 6.34. The number of aromatic nitrogens is 1. The topological polar surface area (TPSA) is 62.3 Å². The molecule has 1 aliphatic heterocycles. The lowest BCUT2D eigenvalue weighted by Crippen LogP contribution is -2.29. The van der Waals surface area contributed by atoms with E-state index < -0.39 is 10.0 Å². The fourth-order valence-corrected chi connectivity index (χ4v) is 3.63. The van der Waals surface area contributed by atoms with Crippen LogP contribution in [0.3, 0.4) is 0 Å². The first-order valence-electron chi connectivity index (χ1n) is 7.43. The first-order chi connectivity index (χ1) is 10.6. The van der Waals surface area contributed by atoms with Crippen LogP contribution >= 0.6 is 0 Å². The molecule has 1 saturated heterocycles. The van der Waals surface area contributed by atoms with Crippen LogP contribution in [0.25, 0.3) is 0 Å². The Morgan fingerprint density at radius 1 is 1.00 bits per heavy atom. The summed E-state index contributed by atoms with van der Waals surface area (Å²) < 4.78 is 27.0. The van der Waals surface area contributed by atoms with Crippen molar-refractivity contribution in [2.24, 2.45) is 0 Å². The van der Waals surface area contributed by atoms with Crippen molar-refractivity contribution in [1.82, 2.24) is 4.98 Å². The number of anilines is 2. The van der Waals surface area contributed by atoms with E-state index in [1.807, 2.05) is 12.1 Å².